The monoisotopic (exact) mass is 690 g/mol. The van der Waals surface area contributed by atoms with Crippen LogP contribution in [0.5, 0.6) is 0 Å². The molecule has 3 aromatic rings. The van der Waals surface area contributed by atoms with E-state index in [1.165, 1.54) is 11.5 Å². The van der Waals surface area contributed by atoms with Gasteiger partial charge < -0.3 is 35.1 Å². The number of ketones is 1. The lowest BCUT2D eigenvalue weighted by Gasteiger charge is -2.27. The van der Waals surface area contributed by atoms with Gasteiger partial charge in [-0.3, -0.25) is 36.8 Å². The molecule has 21 nitrogen and oxygen atoms in total. The van der Waals surface area contributed by atoms with E-state index in [0.717, 1.165) is 17.2 Å². The Labute approximate surface area is 255 Å². The van der Waals surface area contributed by atoms with E-state index in [-0.39, 0.29) is 40.8 Å². The predicted octanol–water partition coefficient (Wildman–Crippen LogP) is -0.588. The molecule has 0 radical (unpaired) electrons. The smallest absolute Gasteiger partial charge is 0.387 e. The lowest BCUT2D eigenvalue weighted by atomic mass is 10.1. The van der Waals surface area contributed by atoms with Gasteiger partial charge in [-0.25, -0.2) is 33.5 Å². The number of aryl methyl sites for hydroxylation is 1. The van der Waals surface area contributed by atoms with Crippen LogP contribution in [0.4, 0.5) is 10.2 Å². The zero-order valence-electron chi connectivity index (χ0n) is 23.4. The Morgan fingerprint density at radius 3 is 2.35 bits per heavy atom. The maximum Gasteiger partial charge on any atom is 0.472 e. The zero-order chi connectivity index (χ0) is 32.7. The van der Waals surface area contributed by atoms with Gasteiger partial charge in [0.1, 0.15) is 42.2 Å². The molecule has 24 heteroatoms. The predicted molar refractivity (Wildman–Crippen MR) is 145 cm³/mol. The number of phosphoric ester groups is 2. The molecule has 3 saturated heterocycles. The Kier molecular flexibility index (Phi) is 7.61. The van der Waals surface area contributed by atoms with Crippen LogP contribution in [0.1, 0.15) is 35.2 Å². The number of hydrogen-bond donors (Lipinski definition) is 5. The number of carbonyl (C=O) groups excluding carboxylic acids is 1. The lowest BCUT2D eigenvalue weighted by molar-refractivity contribution is -0.0665. The number of nitrogens with one attached hydrogen (secondary N) is 1. The summed E-state index contributed by atoms with van der Waals surface area (Å²) in [5.74, 6) is -0.466. The number of aliphatic hydroxyl groups excluding tert-OH is 1. The highest BCUT2D eigenvalue weighted by Crippen LogP contribution is 2.54. The molecule has 7 rings (SSSR count). The first-order chi connectivity index (χ1) is 21.7. The van der Waals surface area contributed by atoms with Gasteiger partial charge in [0.05, 0.1) is 32.3 Å². The number of imidazole rings is 2. The largest absolute Gasteiger partial charge is 0.472 e. The SMILES string of the molecule is Cc1nc2c(ncn2[C@@H]2O[C@@H]3COP(=O)(O)O[C@H]4[C@@H](F)[C@H](n5cnc6c5N=C(N)CC6=O)O[C@@H]4COP(=O)(O)O[C@H]3[C@H]2O)c(=O)[nH]1. The average molecular weight is 690 g/mol. The van der Waals surface area contributed by atoms with Crippen LogP contribution in [-0.2, 0) is 36.7 Å². The van der Waals surface area contributed by atoms with Crippen molar-refractivity contribution in [3.05, 3.63) is 34.5 Å². The van der Waals surface area contributed by atoms with Crippen molar-refractivity contribution in [2.75, 3.05) is 13.2 Å². The molecular weight excluding hydrogens is 665 g/mol. The van der Waals surface area contributed by atoms with Crippen LogP contribution in [0.15, 0.2) is 22.4 Å². The molecule has 10 atom stereocenters. The van der Waals surface area contributed by atoms with Crippen molar-refractivity contribution < 1.29 is 60.8 Å². The molecule has 0 amide bonds. The minimum Gasteiger partial charge on any atom is -0.387 e. The third-order valence-corrected chi connectivity index (χ3v) is 9.58. The summed E-state index contributed by atoms with van der Waals surface area (Å²) in [7, 11) is -10.3. The fourth-order valence-corrected chi connectivity index (χ4v) is 7.51. The van der Waals surface area contributed by atoms with E-state index >= 15 is 4.39 Å². The standard InChI is InChI=1S/C22H25FN8O13P2/c1-7-27-19-14(20(34)28-7)26-6-31(19)22-15(33)17-10(42-22)4-40-45(35,36)43-16-9(3-39-46(37,38)44-17)41-21(12(16)23)30-5-25-13-8(32)2-11(24)29-18(13)30/h5-6,9-10,12,15-17,21-22,33H,2-4H2,1H3,(H2,24,29)(H,35,36)(H,37,38)(H,27,28,34)/t9-,10-,12-,15-,16-,17-,21-,22-/m1/s1. The number of aliphatic hydroxyl groups is 1. The Bertz CT molecular complexity index is 1920. The fourth-order valence-electron chi connectivity index (χ4n) is 5.59. The van der Waals surface area contributed by atoms with Gasteiger partial charge in [-0.1, -0.05) is 0 Å². The molecular formula is C22H25FN8O13P2. The van der Waals surface area contributed by atoms with Gasteiger partial charge in [-0.05, 0) is 6.92 Å². The second-order valence-corrected chi connectivity index (χ2v) is 13.5. The van der Waals surface area contributed by atoms with Gasteiger partial charge in [-0.15, -0.1) is 0 Å². The van der Waals surface area contributed by atoms with Crippen LogP contribution in [0.25, 0.3) is 11.2 Å². The van der Waals surface area contributed by atoms with E-state index in [2.05, 4.69) is 24.9 Å². The molecule has 7 heterocycles. The van der Waals surface area contributed by atoms with Crippen LogP contribution < -0.4 is 11.3 Å². The Morgan fingerprint density at radius 1 is 1.00 bits per heavy atom. The van der Waals surface area contributed by atoms with Crippen molar-refractivity contribution in [3.63, 3.8) is 0 Å². The molecule has 3 fully saturated rings. The quantitative estimate of drug-likeness (QED) is 0.210. The molecule has 4 aliphatic heterocycles. The number of hydrogen-bond acceptors (Lipinski definition) is 16. The molecule has 0 aromatic carbocycles. The topological polar surface area (TPSA) is 287 Å². The number of ether oxygens (including phenoxy) is 2. The van der Waals surface area contributed by atoms with Gasteiger partial charge in [0.2, 0.25) is 0 Å². The van der Waals surface area contributed by atoms with E-state index in [4.69, 9.17) is 33.3 Å². The second-order valence-electron chi connectivity index (χ2n) is 10.7. The van der Waals surface area contributed by atoms with Crippen molar-refractivity contribution >= 4 is 44.2 Å². The summed E-state index contributed by atoms with van der Waals surface area (Å²) in [6, 6.07) is 0. The first kappa shape index (κ1) is 31.3. The number of aromatic amines is 1. The van der Waals surface area contributed by atoms with E-state index in [1.807, 2.05) is 0 Å². The van der Waals surface area contributed by atoms with Gasteiger partial charge in [0, 0.05) is 0 Å². The number of aromatic nitrogens is 6. The molecule has 0 saturated carbocycles. The Hall–Kier alpha value is -3.27. The average Bonchev–Trinajstić information content (AvgIpc) is 3.72. The van der Waals surface area contributed by atoms with Crippen LogP contribution in [-0.4, -0.2) is 105 Å². The molecule has 2 unspecified atom stereocenters. The van der Waals surface area contributed by atoms with Gasteiger partial charge >= 0.3 is 15.6 Å². The molecule has 0 spiro atoms. The van der Waals surface area contributed by atoms with Crippen molar-refractivity contribution in [2.24, 2.45) is 10.7 Å². The van der Waals surface area contributed by atoms with Crippen molar-refractivity contribution in [1.29, 1.82) is 0 Å². The molecule has 248 valence electrons. The number of aliphatic imine (C=N–C) groups is 1. The summed E-state index contributed by atoms with van der Waals surface area (Å²) in [4.78, 5) is 64.4. The number of phosphoric acid groups is 2. The molecule has 6 N–H and O–H groups in total. The number of fused-ring (bicyclic) bond motifs is 4. The highest BCUT2D eigenvalue weighted by Gasteiger charge is 2.54. The third kappa shape index (κ3) is 5.44. The number of halogens is 1. The number of rotatable bonds is 2. The summed E-state index contributed by atoms with van der Waals surface area (Å²) in [6.45, 7) is -0.300. The summed E-state index contributed by atoms with van der Waals surface area (Å²) in [5.41, 5.74) is 4.92. The summed E-state index contributed by atoms with van der Waals surface area (Å²) >= 11 is 0. The Balaban J connectivity index is 1.16. The first-order valence-corrected chi connectivity index (χ1v) is 16.5. The second kappa shape index (κ2) is 11.2. The molecule has 4 aliphatic rings. The number of H-pyrrole nitrogens is 1. The zero-order valence-corrected chi connectivity index (χ0v) is 25.1. The van der Waals surface area contributed by atoms with E-state index in [9.17, 15) is 33.6 Å². The molecule has 0 bridgehead atoms. The minimum atomic E-state index is -5.15. The highest BCUT2D eigenvalue weighted by molar-refractivity contribution is 7.47. The minimum absolute atomic E-state index is 0.00598. The van der Waals surface area contributed by atoms with Crippen molar-refractivity contribution in [1.82, 2.24) is 29.1 Å². The van der Waals surface area contributed by atoms with Crippen LogP contribution >= 0.6 is 15.6 Å². The fraction of sp³-hybridized carbons (Fsp3) is 0.545. The number of alkyl halides is 1. The van der Waals surface area contributed by atoms with Crippen LogP contribution in [0.2, 0.25) is 0 Å². The van der Waals surface area contributed by atoms with Crippen LogP contribution in [0, 0.1) is 6.92 Å². The first-order valence-electron chi connectivity index (χ1n) is 13.5. The highest BCUT2D eigenvalue weighted by atomic mass is 31.2. The number of Topliss-reactive ketones (excluding diaryl/α,β-unsaturated/α-hetero) is 1. The van der Waals surface area contributed by atoms with Crippen molar-refractivity contribution in [2.45, 2.75) is 62.5 Å². The maximum atomic E-state index is 15.9. The van der Waals surface area contributed by atoms with E-state index in [0.29, 0.717) is 0 Å². The van der Waals surface area contributed by atoms with Gasteiger partial charge in [0.15, 0.2) is 47.1 Å². The Morgan fingerprint density at radius 2 is 1.63 bits per heavy atom. The molecule has 0 aliphatic carbocycles. The number of nitrogens with two attached hydrogens (primary N) is 1. The molecule has 3 aromatic heterocycles. The van der Waals surface area contributed by atoms with Crippen LogP contribution in [0.3, 0.4) is 0 Å². The number of nitrogens with zero attached hydrogens (tertiary/aromatic N) is 6. The number of amidine groups is 1. The van der Waals surface area contributed by atoms with Gasteiger partial charge in [-0.2, -0.15) is 0 Å². The maximum absolute atomic E-state index is 15.9. The normalized spacial score (nSPS) is 38.5. The summed E-state index contributed by atoms with van der Waals surface area (Å²) in [5, 5.41) is 11.1. The molecule has 46 heavy (non-hydrogen) atoms. The van der Waals surface area contributed by atoms with E-state index < -0.39 is 89.3 Å². The summed E-state index contributed by atoms with van der Waals surface area (Å²) in [6.07, 6.45) is -11.9. The summed E-state index contributed by atoms with van der Waals surface area (Å²) < 4.78 is 76.2. The van der Waals surface area contributed by atoms with Gasteiger partial charge in [0.25, 0.3) is 5.56 Å². The van der Waals surface area contributed by atoms with E-state index in [1.54, 1.807) is 0 Å². The van der Waals surface area contributed by atoms with Crippen molar-refractivity contribution in [3.8, 4) is 0 Å². The number of carbonyl (C=O) groups is 1. The third-order valence-electron chi connectivity index (χ3n) is 7.61. The lowest BCUT2D eigenvalue weighted by Crippen LogP contribution is -2.38.